The Morgan fingerprint density at radius 1 is 1.43 bits per heavy atom. The van der Waals surface area contributed by atoms with Crippen LogP contribution in [0.2, 0.25) is 0 Å². The number of rotatable bonds is 5. The monoisotopic (exact) mass is 197 g/mol. The smallest absolute Gasteiger partial charge is 0.299 e. The van der Waals surface area contributed by atoms with Crippen LogP contribution in [-0.4, -0.2) is 16.8 Å². The van der Waals surface area contributed by atoms with Crippen LogP contribution in [0.4, 0.5) is 0 Å². The Balaban J connectivity index is 2.74. The fourth-order valence-corrected chi connectivity index (χ4v) is 1.15. The first kappa shape index (κ1) is 10.5. The van der Waals surface area contributed by atoms with Gasteiger partial charge in [-0.2, -0.15) is 0 Å². The highest BCUT2D eigenvalue weighted by Crippen LogP contribution is 2.19. The lowest BCUT2D eigenvalue weighted by Crippen LogP contribution is -2.05. The molecule has 0 aliphatic heterocycles. The third kappa shape index (κ3) is 3.02. The summed E-state index contributed by atoms with van der Waals surface area (Å²) in [4.78, 5) is 14.5. The molecule has 5 nitrogen and oxygen atoms in total. The highest BCUT2D eigenvalue weighted by molar-refractivity contribution is 5.32. The molecule has 0 saturated carbocycles. The highest BCUT2D eigenvalue weighted by atomic mass is 17.0. The minimum absolute atomic E-state index is 0.0623. The molecule has 0 unspecified atom stereocenters. The van der Waals surface area contributed by atoms with E-state index in [0.717, 1.165) is 5.56 Å². The van der Waals surface area contributed by atoms with E-state index >= 15 is 0 Å². The number of nitrogens with zero attached hydrogens (tertiary/aromatic N) is 1. The lowest BCUT2D eigenvalue weighted by molar-refractivity contribution is -0.711. The molecule has 0 bridgehead atoms. The van der Waals surface area contributed by atoms with Gasteiger partial charge in [0.05, 0.1) is 0 Å². The summed E-state index contributed by atoms with van der Waals surface area (Å²) in [5, 5.41) is 17.9. The minimum Gasteiger partial charge on any atom is -0.396 e. The zero-order valence-corrected chi connectivity index (χ0v) is 7.55. The first-order valence-corrected chi connectivity index (χ1v) is 4.25. The zero-order chi connectivity index (χ0) is 10.4. The number of aliphatic hydroxyl groups excluding tert-OH is 1. The van der Waals surface area contributed by atoms with Crippen LogP contribution < -0.4 is 4.84 Å². The van der Waals surface area contributed by atoms with Crippen molar-refractivity contribution in [1.82, 2.24) is 0 Å². The first-order chi connectivity index (χ1) is 6.74. The lowest BCUT2D eigenvalue weighted by Gasteiger charge is -2.05. The zero-order valence-electron chi connectivity index (χ0n) is 7.55. The molecule has 0 heterocycles. The SMILES string of the molecule is O=[N+]([O-])Oc1ccccc1CCCO. The average molecular weight is 197 g/mol. The van der Waals surface area contributed by atoms with Gasteiger partial charge in [0.1, 0.15) is 5.75 Å². The van der Waals surface area contributed by atoms with E-state index in [9.17, 15) is 10.1 Å². The van der Waals surface area contributed by atoms with Crippen LogP contribution in [0.3, 0.4) is 0 Å². The molecule has 1 aromatic rings. The summed E-state index contributed by atoms with van der Waals surface area (Å²) in [5.74, 6) is 0.242. The summed E-state index contributed by atoms with van der Waals surface area (Å²) in [7, 11) is 0. The van der Waals surface area contributed by atoms with Gasteiger partial charge in [0, 0.05) is 6.61 Å². The van der Waals surface area contributed by atoms with Crippen LogP contribution in [0.15, 0.2) is 24.3 Å². The molecular weight excluding hydrogens is 186 g/mol. The van der Waals surface area contributed by atoms with Crippen LogP contribution in [-0.2, 0) is 6.42 Å². The van der Waals surface area contributed by atoms with Crippen molar-refractivity contribution in [3.8, 4) is 5.75 Å². The summed E-state index contributed by atoms with van der Waals surface area (Å²) in [6, 6.07) is 6.73. The second-order valence-corrected chi connectivity index (χ2v) is 2.75. The van der Waals surface area contributed by atoms with E-state index in [1.807, 2.05) is 0 Å². The van der Waals surface area contributed by atoms with E-state index in [1.165, 1.54) is 6.07 Å². The van der Waals surface area contributed by atoms with Gasteiger partial charge >= 0.3 is 0 Å². The maximum atomic E-state index is 10.1. The van der Waals surface area contributed by atoms with E-state index in [4.69, 9.17) is 5.11 Å². The highest BCUT2D eigenvalue weighted by Gasteiger charge is 2.05. The van der Waals surface area contributed by atoms with Crippen molar-refractivity contribution >= 4 is 0 Å². The maximum absolute atomic E-state index is 10.1. The molecule has 5 heteroatoms. The summed E-state index contributed by atoms with van der Waals surface area (Å²) in [6.45, 7) is 0.0623. The second kappa shape index (κ2) is 5.18. The number of hydrogen-bond donors (Lipinski definition) is 1. The average Bonchev–Trinajstić information content (AvgIpc) is 2.16. The third-order valence-electron chi connectivity index (χ3n) is 1.75. The molecule has 1 N–H and O–H groups in total. The second-order valence-electron chi connectivity index (χ2n) is 2.75. The lowest BCUT2D eigenvalue weighted by atomic mass is 10.1. The molecule has 0 saturated heterocycles. The van der Waals surface area contributed by atoms with Gasteiger partial charge < -0.3 is 5.11 Å². The summed E-state index contributed by atoms with van der Waals surface area (Å²) in [6.07, 6.45) is 1.14. The number of aliphatic hydroxyl groups is 1. The van der Waals surface area contributed by atoms with Gasteiger partial charge in [-0.15, -0.1) is 10.1 Å². The van der Waals surface area contributed by atoms with Crippen molar-refractivity contribution in [3.63, 3.8) is 0 Å². The number of aryl methyl sites for hydroxylation is 1. The quantitative estimate of drug-likeness (QED) is 0.568. The van der Waals surface area contributed by atoms with Crippen molar-refractivity contribution in [3.05, 3.63) is 39.9 Å². The predicted octanol–water partition coefficient (Wildman–Crippen LogP) is 1.18. The molecule has 0 amide bonds. The largest absolute Gasteiger partial charge is 0.396 e. The summed E-state index contributed by atoms with van der Waals surface area (Å²) in [5.41, 5.74) is 0.734. The molecule has 1 aromatic carbocycles. The molecule has 14 heavy (non-hydrogen) atoms. The van der Waals surface area contributed by atoms with Crippen LogP contribution in [0.1, 0.15) is 12.0 Å². The Morgan fingerprint density at radius 2 is 2.14 bits per heavy atom. The van der Waals surface area contributed by atoms with Crippen LogP contribution in [0.25, 0.3) is 0 Å². The fraction of sp³-hybridized carbons (Fsp3) is 0.333. The fourth-order valence-electron chi connectivity index (χ4n) is 1.15. The number of para-hydroxylation sites is 1. The number of benzene rings is 1. The van der Waals surface area contributed by atoms with Gasteiger partial charge in [0.15, 0.2) is 0 Å². The van der Waals surface area contributed by atoms with Crippen molar-refractivity contribution < 1.29 is 15.0 Å². The van der Waals surface area contributed by atoms with Gasteiger partial charge in [-0.25, -0.2) is 0 Å². The molecule has 0 fully saturated rings. The van der Waals surface area contributed by atoms with E-state index in [-0.39, 0.29) is 12.4 Å². The summed E-state index contributed by atoms with van der Waals surface area (Å²) >= 11 is 0. The van der Waals surface area contributed by atoms with Crippen molar-refractivity contribution in [2.45, 2.75) is 12.8 Å². The van der Waals surface area contributed by atoms with E-state index < -0.39 is 5.09 Å². The van der Waals surface area contributed by atoms with Crippen LogP contribution >= 0.6 is 0 Å². The molecule has 0 aliphatic carbocycles. The Kier molecular flexibility index (Phi) is 3.87. The van der Waals surface area contributed by atoms with Gasteiger partial charge in [0.25, 0.3) is 5.09 Å². The maximum Gasteiger partial charge on any atom is 0.299 e. The Bertz CT molecular complexity index is 313. The van der Waals surface area contributed by atoms with Gasteiger partial charge in [-0.1, -0.05) is 18.2 Å². The Hall–Kier alpha value is -1.62. The first-order valence-electron chi connectivity index (χ1n) is 4.25. The topological polar surface area (TPSA) is 72.6 Å². The van der Waals surface area contributed by atoms with Gasteiger partial charge in [-0.05, 0) is 24.5 Å². The molecule has 0 aromatic heterocycles. The Labute approximate surface area is 81.0 Å². The molecule has 0 radical (unpaired) electrons. The van der Waals surface area contributed by atoms with E-state index in [1.54, 1.807) is 18.2 Å². The van der Waals surface area contributed by atoms with Crippen molar-refractivity contribution in [2.24, 2.45) is 0 Å². The van der Waals surface area contributed by atoms with Crippen molar-refractivity contribution in [2.75, 3.05) is 6.61 Å². The normalized spacial score (nSPS) is 9.79. The van der Waals surface area contributed by atoms with E-state index in [0.29, 0.717) is 12.8 Å². The molecule has 0 aliphatic rings. The van der Waals surface area contributed by atoms with Crippen LogP contribution in [0.5, 0.6) is 5.75 Å². The van der Waals surface area contributed by atoms with Crippen molar-refractivity contribution in [1.29, 1.82) is 0 Å². The summed E-state index contributed by atoms with van der Waals surface area (Å²) < 4.78 is 0. The third-order valence-corrected chi connectivity index (χ3v) is 1.75. The molecule has 1 rings (SSSR count). The van der Waals surface area contributed by atoms with E-state index in [2.05, 4.69) is 4.84 Å². The molecule has 0 atom stereocenters. The molecule has 76 valence electrons. The molecule has 0 spiro atoms. The number of hydrogen-bond acceptors (Lipinski definition) is 4. The standard InChI is InChI=1S/C9H11NO4/c11-7-3-5-8-4-1-2-6-9(8)14-10(12)13/h1-2,4,6,11H,3,5,7H2. The van der Waals surface area contributed by atoms with Gasteiger partial charge in [0.2, 0.25) is 0 Å². The Morgan fingerprint density at radius 3 is 2.79 bits per heavy atom. The van der Waals surface area contributed by atoms with Crippen LogP contribution in [0, 0.1) is 10.1 Å². The molecular formula is C9H11NO4. The van der Waals surface area contributed by atoms with Gasteiger partial charge in [-0.3, -0.25) is 4.84 Å². The predicted molar refractivity (Wildman–Crippen MR) is 49.5 cm³/mol. The minimum atomic E-state index is -0.836.